The molecule has 0 saturated carbocycles. The minimum Gasteiger partial charge on any atom is -0.254 e. The van der Waals surface area contributed by atoms with Gasteiger partial charge in [0.2, 0.25) is 0 Å². The van der Waals surface area contributed by atoms with Gasteiger partial charge in [-0.05, 0) is 27.4 Å². The molecule has 0 aliphatic rings. The van der Waals surface area contributed by atoms with E-state index in [9.17, 15) is 0 Å². The fraction of sp³-hybridized carbons (Fsp3) is 0. The molecule has 0 fully saturated rings. The molecule has 15 heavy (non-hydrogen) atoms. The molecular weight excluding hydrogens is 250 g/mol. The first kappa shape index (κ1) is 8.86. The fourth-order valence-corrected chi connectivity index (χ4v) is 2.19. The molecule has 1 aromatic heterocycles. The Labute approximate surface area is 95.9 Å². The van der Waals surface area contributed by atoms with Crippen LogP contribution in [0.5, 0.6) is 0 Å². The molecule has 3 rings (SSSR count). The zero-order valence-electron chi connectivity index (χ0n) is 7.94. The molecule has 1 heterocycles. The van der Waals surface area contributed by atoms with Crippen molar-refractivity contribution in [3.05, 3.63) is 53.1 Å². The lowest BCUT2D eigenvalue weighted by molar-refractivity contribution is 1.40. The van der Waals surface area contributed by atoms with Gasteiger partial charge in [0, 0.05) is 21.4 Å². The van der Waals surface area contributed by atoms with Gasteiger partial charge in [-0.1, -0.05) is 36.4 Å². The normalized spacial score (nSPS) is 11.0. The molecule has 0 unspecified atom stereocenters. The van der Waals surface area contributed by atoms with Crippen LogP contribution in [0.15, 0.2) is 53.1 Å². The van der Waals surface area contributed by atoms with Crippen LogP contribution >= 0.6 is 15.9 Å². The van der Waals surface area contributed by atoms with Crippen LogP contribution in [0.25, 0.3) is 21.7 Å². The van der Waals surface area contributed by atoms with Crippen LogP contribution in [0.2, 0.25) is 0 Å². The van der Waals surface area contributed by atoms with Gasteiger partial charge in [0.25, 0.3) is 0 Å². The number of pyridine rings is 1. The van der Waals surface area contributed by atoms with Gasteiger partial charge in [0.15, 0.2) is 0 Å². The first-order valence-corrected chi connectivity index (χ1v) is 5.57. The summed E-state index contributed by atoms with van der Waals surface area (Å²) in [5.74, 6) is 0. The van der Waals surface area contributed by atoms with Crippen molar-refractivity contribution >= 4 is 37.6 Å². The third-order valence-electron chi connectivity index (χ3n) is 2.54. The molecule has 0 bridgehead atoms. The first-order valence-electron chi connectivity index (χ1n) is 4.77. The van der Waals surface area contributed by atoms with Crippen molar-refractivity contribution in [1.82, 2.24) is 4.98 Å². The molecule has 2 heteroatoms. The molecule has 0 aliphatic heterocycles. The number of nitrogens with zero attached hydrogens (tertiary/aromatic N) is 1. The van der Waals surface area contributed by atoms with Gasteiger partial charge in [-0.3, -0.25) is 4.98 Å². The van der Waals surface area contributed by atoms with E-state index in [1.807, 2.05) is 18.3 Å². The van der Waals surface area contributed by atoms with Crippen molar-refractivity contribution in [2.45, 2.75) is 0 Å². The van der Waals surface area contributed by atoms with Gasteiger partial charge in [-0.2, -0.15) is 0 Å². The minimum atomic E-state index is 1.02. The number of rotatable bonds is 0. The highest BCUT2D eigenvalue weighted by atomic mass is 79.9. The maximum Gasteiger partial charge on any atom is 0.0781 e. The molecule has 72 valence electrons. The summed E-state index contributed by atoms with van der Waals surface area (Å²) in [7, 11) is 0. The van der Waals surface area contributed by atoms with E-state index in [2.05, 4.69) is 51.2 Å². The van der Waals surface area contributed by atoms with Crippen LogP contribution in [0.1, 0.15) is 0 Å². The van der Waals surface area contributed by atoms with Crippen molar-refractivity contribution < 1.29 is 0 Å². The quantitative estimate of drug-likeness (QED) is 0.552. The largest absolute Gasteiger partial charge is 0.254 e. The summed E-state index contributed by atoms with van der Waals surface area (Å²) in [6.07, 6.45) is 1.84. The van der Waals surface area contributed by atoms with E-state index in [1.54, 1.807) is 0 Å². The van der Waals surface area contributed by atoms with Crippen molar-refractivity contribution in [2.75, 3.05) is 0 Å². The van der Waals surface area contributed by atoms with Crippen LogP contribution in [-0.2, 0) is 0 Å². The van der Waals surface area contributed by atoms with Gasteiger partial charge in [-0.15, -0.1) is 0 Å². The smallest absolute Gasteiger partial charge is 0.0781 e. The number of hydrogen-bond acceptors (Lipinski definition) is 1. The summed E-state index contributed by atoms with van der Waals surface area (Å²) in [6, 6.07) is 14.6. The standard InChI is InChI=1S/C13H8BrN/c14-11-7-10-6-5-9-3-1-2-4-12(9)13(10)15-8-11/h1-8H. The summed E-state index contributed by atoms with van der Waals surface area (Å²) in [4.78, 5) is 4.46. The second-order valence-electron chi connectivity index (χ2n) is 3.51. The average Bonchev–Trinajstić information content (AvgIpc) is 2.28. The van der Waals surface area contributed by atoms with Crippen molar-refractivity contribution in [2.24, 2.45) is 0 Å². The van der Waals surface area contributed by atoms with Crippen LogP contribution in [-0.4, -0.2) is 4.98 Å². The molecule has 0 aliphatic carbocycles. The average molecular weight is 258 g/mol. The molecule has 0 amide bonds. The fourth-order valence-electron chi connectivity index (χ4n) is 1.84. The Kier molecular flexibility index (Phi) is 1.96. The molecule has 0 saturated heterocycles. The van der Waals surface area contributed by atoms with Gasteiger partial charge >= 0.3 is 0 Å². The van der Waals surface area contributed by atoms with E-state index in [0.29, 0.717) is 0 Å². The molecular formula is C13H8BrN. The lowest BCUT2D eigenvalue weighted by Crippen LogP contribution is -1.81. The van der Waals surface area contributed by atoms with E-state index in [4.69, 9.17) is 0 Å². The molecule has 2 aromatic carbocycles. The van der Waals surface area contributed by atoms with E-state index in [0.717, 1.165) is 9.99 Å². The van der Waals surface area contributed by atoms with Crippen molar-refractivity contribution in [3.8, 4) is 0 Å². The molecule has 3 aromatic rings. The molecule has 0 N–H and O–H groups in total. The zero-order valence-corrected chi connectivity index (χ0v) is 9.53. The van der Waals surface area contributed by atoms with E-state index < -0.39 is 0 Å². The van der Waals surface area contributed by atoms with Gasteiger partial charge < -0.3 is 0 Å². The number of benzene rings is 2. The Balaban J connectivity index is 2.55. The Bertz CT molecular complexity index is 646. The third-order valence-corrected chi connectivity index (χ3v) is 2.98. The zero-order chi connectivity index (χ0) is 10.3. The molecule has 0 atom stereocenters. The monoisotopic (exact) mass is 257 g/mol. The Morgan fingerprint density at radius 3 is 2.67 bits per heavy atom. The second-order valence-corrected chi connectivity index (χ2v) is 4.43. The summed E-state index contributed by atoms with van der Waals surface area (Å²) in [5.41, 5.74) is 1.07. The topological polar surface area (TPSA) is 12.9 Å². The summed E-state index contributed by atoms with van der Waals surface area (Å²) in [6.45, 7) is 0. The van der Waals surface area contributed by atoms with Gasteiger partial charge in [-0.25, -0.2) is 0 Å². The predicted molar refractivity (Wildman–Crippen MR) is 66.9 cm³/mol. The van der Waals surface area contributed by atoms with Crippen LogP contribution in [0.4, 0.5) is 0 Å². The maximum absolute atomic E-state index is 4.46. The number of hydrogen-bond donors (Lipinski definition) is 0. The Morgan fingerprint density at radius 2 is 1.73 bits per heavy atom. The molecule has 1 nitrogen and oxygen atoms in total. The highest BCUT2D eigenvalue weighted by molar-refractivity contribution is 9.10. The highest BCUT2D eigenvalue weighted by Crippen LogP contribution is 2.25. The summed E-state index contributed by atoms with van der Waals surface area (Å²) < 4.78 is 1.02. The molecule has 0 spiro atoms. The minimum absolute atomic E-state index is 1.02. The lowest BCUT2D eigenvalue weighted by atomic mass is 10.1. The second kappa shape index (κ2) is 3.31. The van der Waals surface area contributed by atoms with Crippen molar-refractivity contribution in [3.63, 3.8) is 0 Å². The Morgan fingerprint density at radius 1 is 0.933 bits per heavy atom. The molecule has 0 radical (unpaired) electrons. The SMILES string of the molecule is Brc1cnc2c(ccc3ccccc32)c1. The highest BCUT2D eigenvalue weighted by Gasteiger charge is 2.00. The third kappa shape index (κ3) is 1.41. The van der Waals surface area contributed by atoms with Crippen LogP contribution < -0.4 is 0 Å². The number of aromatic nitrogens is 1. The van der Waals surface area contributed by atoms with Crippen LogP contribution in [0, 0.1) is 0 Å². The van der Waals surface area contributed by atoms with E-state index in [-0.39, 0.29) is 0 Å². The van der Waals surface area contributed by atoms with Crippen molar-refractivity contribution in [1.29, 1.82) is 0 Å². The van der Waals surface area contributed by atoms with Crippen LogP contribution in [0.3, 0.4) is 0 Å². The van der Waals surface area contributed by atoms with Gasteiger partial charge in [0.1, 0.15) is 0 Å². The van der Waals surface area contributed by atoms with Gasteiger partial charge in [0.05, 0.1) is 5.52 Å². The summed E-state index contributed by atoms with van der Waals surface area (Å²) >= 11 is 3.43. The first-order chi connectivity index (χ1) is 7.34. The number of fused-ring (bicyclic) bond motifs is 3. The predicted octanol–water partition coefficient (Wildman–Crippen LogP) is 4.15. The summed E-state index contributed by atoms with van der Waals surface area (Å²) in [5, 5.41) is 3.62. The van der Waals surface area contributed by atoms with E-state index in [1.165, 1.54) is 16.2 Å². The lowest BCUT2D eigenvalue weighted by Gasteiger charge is -2.02. The van der Waals surface area contributed by atoms with E-state index >= 15 is 0 Å². The maximum atomic E-state index is 4.46. The number of halogens is 1. The Hall–Kier alpha value is -1.41.